The molecule has 2 saturated heterocycles. The molecule has 5 nitrogen and oxygen atoms in total. The van der Waals surface area contributed by atoms with E-state index in [9.17, 15) is 9.59 Å². The number of likely N-dealkylation sites (tertiary alicyclic amines) is 1. The number of rotatable bonds is 7. The number of nitrogens with zero attached hydrogens (tertiary/aromatic N) is 1. The second-order valence-corrected chi connectivity index (χ2v) is 8.56. The van der Waals surface area contributed by atoms with Gasteiger partial charge in [-0.2, -0.15) is 0 Å². The van der Waals surface area contributed by atoms with Crippen molar-refractivity contribution in [1.29, 1.82) is 0 Å². The van der Waals surface area contributed by atoms with E-state index >= 15 is 0 Å². The van der Waals surface area contributed by atoms with Gasteiger partial charge in [0.2, 0.25) is 11.8 Å². The largest absolute Gasteiger partial charge is 0.352 e. The second kappa shape index (κ2) is 9.09. The number of unbranched alkanes of at least 4 members (excludes halogenated alkanes) is 2. The lowest BCUT2D eigenvalue weighted by atomic mass is 10.0. The van der Waals surface area contributed by atoms with E-state index in [1.54, 1.807) is 0 Å². The normalized spacial score (nSPS) is 24.1. The Morgan fingerprint density at radius 1 is 1.29 bits per heavy atom. The van der Waals surface area contributed by atoms with Gasteiger partial charge in [0.05, 0.1) is 10.9 Å². The molecule has 2 rings (SSSR count). The van der Waals surface area contributed by atoms with Gasteiger partial charge in [0.25, 0.3) is 0 Å². The Balaban J connectivity index is 1.77. The van der Waals surface area contributed by atoms with E-state index in [2.05, 4.69) is 24.5 Å². The molecule has 2 heterocycles. The quantitative estimate of drug-likeness (QED) is 0.689. The Hall–Kier alpha value is -0.750. The van der Waals surface area contributed by atoms with Crippen molar-refractivity contribution in [2.75, 3.05) is 18.8 Å². The Morgan fingerprint density at radius 2 is 2.00 bits per heavy atom. The predicted octanol–water partition coefficient (Wildman–Crippen LogP) is 2.51. The van der Waals surface area contributed by atoms with Gasteiger partial charge in [0, 0.05) is 31.3 Å². The summed E-state index contributed by atoms with van der Waals surface area (Å²) in [5.74, 6) is 1.24. The van der Waals surface area contributed by atoms with Crippen LogP contribution in [0.15, 0.2) is 0 Å². The highest BCUT2D eigenvalue weighted by atomic mass is 32.2. The average molecular weight is 356 g/mol. The van der Waals surface area contributed by atoms with Crippen LogP contribution in [0.4, 0.5) is 0 Å². The van der Waals surface area contributed by atoms with Gasteiger partial charge in [-0.3, -0.25) is 14.9 Å². The van der Waals surface area contributed by atoms with Gasteiger partial charge in [0.1, 0.15) is 0 Å². The third-order valence-electron chi connectivity index (χ3n) is 5.20. The van der Waals surface area contributed by atoms with Gasteiger partial charge in [-0.05, 0) is 32.6 Å². The van der Waals surface area contributed by atoms with Crippen molar-refractivity contribution in [3.8, 4) is 0 Å². The molecule has 138 valence electrons. The zero-order valence-corrected chi connectivity index (χ0v) is 16.2. The molecule has 2 aliphatic rings. The molecular weight excluding hydrogens is 322 g/mol. The zero-order valence-electron chi connectivity index (χ0n) is 15.4. The van der Waals surface area contributed by atoms with Gasteiger partial charge in [-0.15, -0.1) is 11.8 Å². The van der Waals surface area contributed by atoms with E-state index in [-0.39, 0.29) is 22.9 Å². The Bertz CT molecular complexity index is 436. The molecule has 0 aromatic rings. The number of carbonyl (C=O) groups excluding carboxylic acids is 2. The molecule has 6 heteroatoms. The molecule has 0 aromatic carbocycles. The van der Waals surface area contributed by atoms with Crippen molar-refractivity contribution < 1.29 is 9.59 Å². The highest BCUT2D eigenvalue weighted by Crippen LogP contribution is 2.39. The van der Waals surface area contributed by atoms with Crippen LogP contribution in [-0.4, -0.2) is 52.5 Å². The minimum Gasteiger partial charge on any atom is -0.352 e. The maximum Gasteiger partial charge on any atom is 0.238 e. The zero-order chi connectivity index (χ0) is 17.6. The lowest BCUT2D eigenvalue weighted by molar-refractivity contribution is -0.133. The molecule has 0 saturated carbocycles. The molecule has 2 unspecified atom stereocenters. The summed E-state index contributed by atoms with van der Waals surface area (Å²) >= 11 is 1.86. The molecule has 0 aromatic heterocycles. The second-order valence-electron chi connectivity index (χ2n) is 7.16. The summed E-state index contributed by atoms with van der Waals surface area (Å²) in [4.78, 5) is 26.5. The highest BCUT2D eigenvalue weighted by Gasteiger charge is 2.44. The Kier molecular flexibility index (Phi) is 7.41. The van der Waals surface area contributed by atoms with Crippen LogP contribution in [0.1, 0.15) is 65.7 Å². The summed E-state index contributed by atoms with van der Waals surface area (Å²) in [6, 6.07) is 0.124. The van der Waals surface area contributed by atoms with Crippen molar-refractivity contribution in [2.24, 2.45) is 0 Å². The number of amides is 2. The van der Waals surface area contributed by atoms with Gasteiger partial charge in [-0.25, -0.2) is 0 Å². The molecule has 24 heavy (non-hydrogen) atoms. The third-order valence-corrected chi connectivity index (χ3v) is 6.78. The van der Waals surface area contributed by atoms with E-state index in [1.807, 2.05) is 23.6 Å². The number of nitrogens with one attached hydrogen (secondary N) is 2. The standard InChI is InChI=1S/C18H33N3O2S/c1-4-6-7-8-16(22)21-11-9-18(10-12-21)20-15(13-24-18)17(23)19-14(3)5-2/h14-15,20H,4-13H2,1-3H3,(H,19,23). The average Bonchev–Trinajstić information content (AvgIpc) is 2.99. The molecule has 2 atom stereocenters. The first-order valence-corrected chi connectivity index (χ1v) is 10.5. The first-order valence-electron chi connectivity index (χ1n) is 9.49. The van der Waals surface area contributed by atoms with Crippen molar-refractivity contribution >= 4 is 23.6 Å². The molecule has 2 fully saturated rings. The number of piperidine rings is 1. The first kappa shape index (κ1) is 19.6. The van der Waals surface area contributed by atoms with E-state index in [1.165, 1.54) is 0 Å². The fraction of sp³-hybridized carbons (Fsp3) is 0.889. The number of hydrogen-bond acceptors (Lipinski definition) is 4. The minimum absolute atomic E-state index is 0.0162. The summed E-state index contributed by atoms with van der Waals surface area (Å²) in [6.45, 7) is 7.90. The lowest BCUT2D eigenvalue weighted by Crippen LogP contribution is -2.55. The predicted molar refractivity (Wildman–Crippen MR) is 100.0 cm³/mol. The van der Waals surface area contributed by atoms with Crippen LogP contribution >= 0.6 is 11.8 Å². The van der Waals surface area contributed by atoms with Gasteiger partial charge < -0.3 is 10.2 Å². The monoisotopic (exact) mass is 355 g/mol. The van der Waals surface area contributed by atoms with Crippen LogP contribution in [0.3, 0.4) is 0 Å². The topological polar surface area (TPSA) is 61.4 Å². The maximum absolute atomic E-state index is 12.3. The fourth-order valence-electron chi connectivity index (χ4n) is 3.32. The Morgan fingerprint density at radius 3 is 2.62 bits per heavy atom. The molecule has 1 spiro atoms. The SMILES string of the molecule is CCCCCC(=O)N1CCC2(CC1)NC(C(=O)NC(C)CC)CS2. The lowest BCUT2D eigenvalue weighted by Gasteiger charge is -2.39. The molecular formula is C18H33N3O2S. The van der Waals surface area contributed by atoms with E-state index in [0.29, 0.717) is 12.3 Å². The Labute approximate surface area is 150 Å². The van der Waals surface area contributed by atoms with Crippen LogP contribution in [-0.2, 0) is 9.59 Å². The van der Waals surface area contributed by atoms with Crippen LogP contribution in [0.25, 0.3) is 0 Å². The smallest absolute Gasteiger partial charge is 0.238 e. The van der Waals surface area contributed by atoms with E-state index < -0.39 is 0 Å². The van der Waals surface area contributed by atoms with Crippen LogP contribution in [0, 0.1) is 0 Å². The van der Waals surface area contributed by atoms with E-state index in [0.717, 1.165) is 57.4 Å². The summed E-state index contributed by atoms with van der Waals surface area (Å²) < 4.78 is 0. The van der Waals surface area contributed by atoms with Crippen LogP contribution in [0.2, 0.25) is 0 Å². The van der Waals surface area contributed by atoms with Crippen molar-refractivity contribution in [3.05, 3.63) is 0 Å². The summed E-state index contributed by atoms with van der Waals surface area (Å²) in [6.07, 6.45) is 6.79. The number of thioether (sulfide) groups is 1. The van der Waals surface area contributed by atoms with Crippen molar-refractivity contribution in [2.45, 2.75) is 82.7 Å². The molecule has 0 radical (unpaired) electrons. The van der Waals surface area contributed by atoms with E-state index in [4.69, 9.17) is 0 Å². The number of carbonyl (C=O) groups is 2. The summed E-state index contributed by atoms with van der Waals surface area (Å²) in [5.41, 5.74) is 0. The summed E-state index contributed by atoms with van der Waals surface area (Å²) in [5, 5.41) is 6.63. The number of hydrogen-bond donors (Lipinski definition) is 2. The summed E-state index contributed by atoms with van der Waals surface area (Å²) in [7, 11) is 0. The minimum atomic E-state index is -0.101. The first-order chi connectivity index (χ1) is 11.5. The maximum atomic E-state index is 12.3. The molecule has 2 aliphatic heterocycles. The molecule has 0 aliphatic carbocycles. The molecule has 0 bridgehead atoms. The van der Waals surface area contributed by atoms with Gasteiger partial charge in [0.15, 0.2) is 0 Å². The van der Waals surface area contributed by atoms with Gasteiger partial charge in [-0.1, -0.05) is 26.7 Å². The van der Waals surface area contributed by atoms with Crippen molar-refractivity contribution in [1.82, 2.24) is 15.5 Å². The fourth-order valence-corrected chi connectivity index (χ4v) is 4.74. The third kappa shape index (κ3) is 5.12. The van der Waals surface area contributed by atoms with Gasteiger partial charge >= 0.3 is 0 Å². The highest BCUT2D eigenvalue weighted by molar-refractivity contribution is 8.01. The van der Waals surface area contributed by atoms with Crippen LogP contribution in [0.5, 0.6) is 0 Å². The van der Waals surface area contributed by atoms with Crippen LogP contribution < -0.4 is 10.6 Å². The molecule has 2 N–H and O–H groups in total. The van der Waals surface area contributed by atoms with Crippen molar-refractivity contribution in [3.63, 3.8) is 0 Å². The molecule has 2 amide bonds.